The van der Waals surface area contributed by atoms with Gasteiger partial charge in [0, 0.05) is 5.25 Å². The minimum Gasteiger partial charge on any atom is -0.411 e. The van der Waals surface area contributed by atoms with Gasteiger partial charge in [-0.25, -0.2) is 0 Å². The highest BCUT2D eigenvalue weighted by atomic mass is 32.1. The molecule has 0 amide bonds. The number of rotatable bonds is 1. The highest BCUT2D eigenvalue weighted by Crippen LogP contribution is 1.93. The van der Waals surface area contributed by atoms with Crippen LogP contribution in [-0.2, 0) is 0 Å². The molecule has 2 nitrogen and oxygen atoms in total. The van der Waals surface area contributed by atoms with E-state index in [1.807, 2.05) is 6.92 Å². The molecular weight excluding hydrogens is 110 g/mol. The number of hydrogen-bond donors (Lipinski definition) is 2. The van der Waals surface area contributed by atoms with Crippen molar-refractivity contribution >= 4 is 18.3 Å². The maximum atomic E-state index is 8.04. The fraction of sp³-hybridized carbons (Fsp3) is 0.750. The lowest BCUT2D eigenvalue weighted by Crippen LogP contribution is -2.04. The van der Waals surface area contributed by atoms with Gasteiger partial charge in [0.25, 0.3) is 0 Å². The zero-order chi connectivity index (χ0) is 5.86. The first-order valence-corrected chi connectivity index (χ1v) is 2.56. The lowest BCUT2D eigenvalue weighted by molar-refractivity contribution is 0.318. The average molecular weight is 119 g/mol. The van der Waals surface area contributed by atoms with Crippen LogP contribution in [0, 0.1) is 0 Å². The molecule has 0 aliphatic rings. The third kappa shape index (κ3) is 2.51. The summed E-state index contributed by atoms with van der Waals surface area (Å²) in [7, 11) is 0. The van der Waals surface area contributed by atoms with Crippen LogP contribution in [0.5, 0.6) is 0 Å². The second-order valence-electron chi connectivity index (χ2n) is 1.42. The summed E-state index contributed by atoms with van der Waals surface area (Å²) in [6, 6.07) is 0. The monoisotopic (exact) mass is 119 g/mol. The molecule has 0 saturated heterocycles. The third-order valence-corrected chi connectivity index (χ3v) is 1.14. The van der Waals surface area contributed by atoms with Gasteiger partial charge in [0.2, 0.25) is 0 Å². The van der Waals surface area contributed by atoms with Crippen LogP contribution in [0.2, 0.25) is 0 Å². The third-order valence-electron chi connectivity index (χ3n) is 0.762. The van der Waals surface area contributed by atoms with Crippen LogP contribution in [-0.4, -0.2) is 16.2 Å². The smallest absolute Gasteiger partial charge is 0.0664 e. The van der Waals surface area contributed by atoms with E-state index < -0.39 is 0 Å². The van der Waals surface area contributed by atoms with Crippen molar-refractivity contribution in [1.82, 2.24) is 0 Å². The Morgan fingerprint density at radius 3 is 2.29 bits per heavy atom. The van der Waals surface area contributed by atoms with Crippen LogP contribution in [0.3, 0.4) is 0 Å². The van der Waals surface area contributed by atoms with Crippen molar-refractivity contribution in [2.75, 3.05) is 0 Å². The second-order valence-corrected chi connectivity index (χ2v) is 2.19. The minimum atomic E-state index is 0.0602. The largest absolute Gasteiger partial charge is 0.411 e. The number of nitrogens with zero attached hydrogens (tertiary/aromatic N) is 1. The Balaban J connectivity index is 3.56. The summed E-state index contributed by atoms with van der Waals surface area (Å²) < 4.78 is 0. The van der Waals surface area contributed by atoms with Gasteiger partial charge in [0.15, 0.2) is 0 Å². The van der Waals surface area contributed by atoms with Crippen molar-refractivity contribution in [3.05, 3.63) is 0 Å². The van der Waals surface area contributed by atoms with Crippen LogP contribution in [0.4, 0.5) is 0 Å². The summed E-state index contributed by atoms with van der Waals surface area (Å²) in [6.07, 6.45) is 0. The van der Waals surface area contributed by atoms with Crippen molar-refractivity contribution in [3.8, 4) is 0 Å². The van der Waals surface area contributed by atoms with E-state index in [1.165, 1.54) is 0 Å². The van der Waals surface area contributed by atoms with Crippen molar-refractivity contribution in [3.63, 3.8) is 0 Å². The molecule has 1 atom stereocenters. The molecule has 42 valence electrons. The minimum absolute atomic E-state index is 0.0602. The van der Waals surface area contributed by atoms with E-state index in [0.29, 0.717) is 5.71 Å². The molecule has 0 bridgehead atoms. The predicted octanol–water partition coefficient (Wildman–Crippen LogP) is 1.15. The summed E-state index contributed by atoms with van der Waals surface area (Å²) in [5.41, 5.74) is 0.642. The summed E-state index contributed by atoms with van der Waals surface area (Å²) >= 11 is 3.98. The molecule has 0 heterocycles. The maximum absolute atomic E-state index is 8.04. The first-order valence-electron chi connectivity index (χ1n) is 2.05. The topological polar surface area (TPSA) is 32.6 Å². The van der Waals surface area contributed by atoms with Gasteiger partial charge < -0.3 is 5.21 Å². The van der Waals surface area contributed by atoms with Gasteiger partial charge in [-0.1, -0.05) is 5.16 Å². The number of oxime groups is 1. The Bertz CT molecular complexity index is 79.8. The Morgan fingerprint density at radius 1 is 1.86 bits per heavy atom. The van der Waals surface area contributed by atoms with Crippen molar-refractivity contribution in [1.29, 1.82) is 0 Å². The molecular formula is C4H9NOS. The molecule has 3 heteroatoms. The number of hydrogen-bond acceptors (Lipinski definition) is 3. The highest BCUT2D eigenvalue weighted by Gasteiger charge is 1.95. The van der Waals surface area contributed by atoms with Gasteiger partial charge in [-0.2, -0.15) is 12.6 Å². The Kier molecular flexibility index (Phi) is 2.83. The predicted molar refractivity (Wildman–Crippen MR) is 33.3 cm³/mol. The molecule has 0 aromatic carbocycles. The van der Waals surface area contributed by atoms with E-state index in [2.05, 4.69) is 17.8 Å². The molecule has 0 radical (unpaired) electrons. The van der Waals surface area contributed by atoms with Gasteiger partial charge in [0.1, 0.15) is 0 Å². The van der Waals surface area contributed by atoms with E-state index in [1.54, 1.807) is 6.92 Å². The molecule has 0 fully saturated rings. The molecule has 0 aromatic heterocycles. The normalized spacial score (nSPS) is 16.7. The molecule has 0 rings (SSSR count). The summed E-state index contributed by atoms with van der Waals surface area (Å²) in [5, 5.41) is 11.0. The molecule has 0 aromatic rings. The Morgan fingerprint density at radius 2 is 2.29 bits per heavy atom. The Hall–Kier alpha value is -0.180. The molecule has 1 unspecified atom stereocenters. The fourth-order valence-electron chi connectivity index (χ4n) is 0.0836. The average Bonchev–Trinajstić information content (AvgIpc) is 1.65. The van der Waals surface area contributed by atoms with Gasteiger partial charge in [-0.3, -0.25) is 0 Å². The molecule has 7 heavy (non-hydrogen) atoms. The van der Waals surface area contributed by atoms with E-state index in [-0.39, 0.29) is 5.25 Å². The second kappa shape index (κ2) is 2.91. The van der Waals surface area contributed by atoms with Crippen LogP contribution in [0.15, 0.2) is 5.16 Å². The van der Waals surface area contributed by atoms with Crippen molar-refractivity contribution < 1.29 is 5.21 Å². The quantitative estimate of drug-likeness (QED) is 0.231. The zero-order valence-electron chi connectivity index (χ0n) is 4.42. The van der Waals surface area contributed by atoms with Gasteiger partial charge in [-0.15, -0.1) is 0 Å². The fourth-order valence-corrected chi connectivity index (χ4v) is 0.135. The molecule has 0 aliphatic heterocycles. The SMILES string of the molecule is C/C(=N\O)C(C)S. The summed E-state index contributed by atoms with van der Waals surface area (Å²) in [5.74, 6) is 0. The molecule has 0 saturated carbocycles. The summed E-state index contributed by atoms with van der Waals surface area (Å²) in [6.45, 7) is 3.57. The van der Waals surface area contributed by atoms with Gasteiger partial charge in [-0.05, 0) is 13.8 Å². The first-order chi connectivity index (χ1) is 3.18. The van der Waals surface area contributed by atoms with E-state index in [0.717, 1.165) is 0 Å². The van der Waals surface area contributed by atoms with E-state index in [4.69, 9.17) is 5.21 Å². The van der Waals surface area contributed by atoms with Crippen LogP contribution in [0.1, 0.15) is 13.8 Å². The number of thiol groups is 1. The first kappa shape index (κ1) is 6.82. The Labute approximate surface area is 48.6 Å². The van der Waals surface area contributed by atoms with Crippen molar-refractivity contribution in [2.45, 2.75) is 19.1 Å². The molecule has 0 spiro atoms. The van der Waals surface area contributed by atoms with Gasteiger partial charge >= 0.3 is 0 Å². The lowest BCUT2D eigenvalue weighted by atomic mass is 10.3. The zero-order valence-corrected chi connectivity index (χ0v) is 5.31. The standard InChI is InChI=1S/C4H9NOS/c1-3(5-6)4(2)7/h4,6-7H,1-2H3/b5-3+. The molecule has 1 N–H and O–H groups in total. The highest BCUT2D eigenvalue weighted by molar-refractivity contribution is 7.81. The molecule has 0 aliphatic carbocycles. The van der Waals surface area contributed by atoms with Gasteiger partial charge in [0.05, 0.1) is 5.71 Å². The maximum Gasteiger partial charge on any atom is 0.0664 e. The van der Waals surface area contributed by atoms with Crippen LogP contribution >= 0.6 is 12.6 Å². The van der Waals surface area contributed by atoms with E-state index in [9.17, 15) is 0 Å². The summed E-state index contributed by atoms with van der Waals surface area (Å²) in [4.78, 5) is 0. The lowest BCUT2D eigenvalue weighted by Gasteiger charge is -1.96. The van der Waals surface area contributed by atoms with E-state index >= 15 is 0 Å². The van der Waals surface area contributed by atoms with Crippen molar-refractivity contribution in [2.24, 2.45) is 5.16 Å². The van der Waals surface area contributed by atoms with Crippen LogP contribution in [0.25, 0.3) is 0 Å². The van der Waals surface area contributed by atoms with Crippen LogP contribution < -0.4 is 0 Å².